The van der Waals surface area contributed by atoms with Gasteiger partial charge in [-0.15, -0.1) is 11.3 Å². The smallest absolute Gasteiger partial charge is 0.319 e. The number of likely N-dealkylation sites (N-methyl/N-ethyl adjacent to an activating group) is 1. The molecule has 2 aromatic carbocycles. The van der Waals surface area contributed by atoms with Gasteiger partial charge in [-0.3, -0.25) is 9.69 Å². The Hall–Kier alpha value is -4.10. The van der Waals surface area contributed by atoms with Crippen LogP contribution in [-0.4, -0.2) is 102 Å². The number of nitrogen functional groups attached to an aromatic ring is 1. The summed E-state index contributed by atoms with van der Waals surface area (Å²) in [7, 11) is 1.83. The average Bonchev–Trinajstić information content (AvgIpc) is 3.44. The maximum Gasteiger partial charge on any atom is 0.319 e. The highest BCUT2D eigenvalue weighted by Crippen LogP contribution is 2.51. The second kappa shape index (κ2) is 11.5. The number of benzene rings is 2. The van der Waals surface area contributed by atoms with E-state index in [1.165, 1.54) is 12.1 Å². The number of aromatic nitrogens is 2. The quantitative estimate of drug-likeness (QED) is 0.283. The molecule has 50 heavy (non-hydrogen) atoms. The summed E-state index contributed by atoms with van der Waals surface area (Å²) < 4.78 is 59.7. The number of nitrogens with one attached hydrogen (secondary N) is 1. The molecular formula is C34H32ClF3N8O3S. The Morgan fingerprint density at radius 3 is 2.88 bits per heavy atom. The number of anilines is 2. The second-order valence-electron chi connectivity index (χ2n) is 14.0. The highest BCUT2D eigenvalue weighted by molar-refractivity contribution is 7.23. The number of amides is 1. The first-order chi connectivity index (χ1) is 24.1. The number of thiophene rings is 1. The Balaban J connectivity index is 1.23. The molecule has 0 aliphatic carbocycles. The molecule has 4 fully saturated rings. The lowest BCUT2D eigenvalue weighted by molar-refractivity contribution is -0.129. The SMILES string of the molecule is CN1c2nc(OC[C@@]34CCCN3C[C@H](F)C4)nc3c(F)c(-c4ccc(F)c5sc(N)c(C#N)c45)c(Cl)c(c23)OCC2CN(C(=O)C3CN3)CC21. The summed E-state index contributed by atoms with van der Waals surface area (Å²) in [6.45, 7) is 2.87. The third-order valence-corrected chi connectivity index (χ3v) is 12.5. The van der Waals surface area contributed by atoms with E-state index in [4.69, 9.17) is 31.8 Å². The van der Waals surface area contributed by atoms with Gasteiger partial charge in [0.2, 0.25) is 5.91 Å². The van der Waals surface area contributed by atoms with Crippen molar-refractivity contribution < 1.29 is 27.4 Å². The molecule has 1 amide bonds. The number of nitrogens with zero attached hydrogens (tertiary/aromatic N) is 6. The van der Waals surface area contributed by atoms with Crippen molar-refractivity contribution in [3.63, 3.8) is 0 Å². The summed E-state index contributed by atoms with van der Waals surface area (Å²) in [5.74, 6) is -1.17. The first kappa shape index (κ1) is 31.9. The topological polar surface area (TPSA) is 143 Å². The average molecular weight is 725 g/mol. The standard InChI is InChI=1S/C34H32ClF3N8O3S/c1-44-21-12-45(32(47)20-9-41-20)10-15(21)13-48-28-24-27(42-33(43-31(24)44)49-14-34-5-2-6-46(34)11-16(36)7-34)26(38)23(25(28)35)17-3-4-19(37)29-22(17)18(8-39)30(40)50-29/h3-4,15-16,20-21,41H,2,5-7,9-14,40H2,1H3/t15?,16-,20?,21?,34+/m1/s1. The van der Waals surface area contributed by atoms with Crippen LogP contribution in [-0.2, 0) is 4.79 Å². The van der Waals surface area contributed by atoms with Crippen LogP contribution in [0.3, 0.4) is 0 Å². The van der Waals surface area contributed by atoms with Crippen LogP contribution in [0.1, 0.15) is 24.8 Å². The first-order valence-electron chi connectivity index (χ1n) is 16.6. The minimum Gasteiger partial charge on any atom is -0.491 e. The molecule has 0 bridgehead atoms. The molecule has 5 atom stereocenters. The first-order valence-corrected chi connectivity index (χ1v) is 17.8. The van der Waals surface area contributed by atoms with Crippen molar-refractivity contribution in [3.05, 3.63) is 34.4 Å². The van der Waals surface area contributed by atoms with E-state index >= 15 is 8.78 Å². The van der Waals surface area contributed by atoms with Gasteiger partial charge in [0, 0.05) is 56.5 Å². The summed E-state index contributed by atoms with van der Waals surface area (Å²) in [5, 5.41) is 13.4. The van der Waals surface area contributed by atoms with Crippen molar-refractivity contribution in [2.75, 3.05) is 63.6 Å². The molecule has 4 aromatic rings. The number of carbonyl (C=O) groups is 1. The van der Waals surface area contributed by atoms with Gasteiger partial charge >= 0.3 is 6.01 Å². The van der Waals surface area contributed by atoms with Crippen LogP contribution >= 0.6 is 22.9 Å². The number of nitriles is 1. The Bertz CT molecular complexity index is 2160. The summed E-state index contributed by atoms with van der Waals surface area (Å²) in [5.41, 5.74) is 5.49. The largest absolute Gasteiger partial charge is 0.491 e. The monoisotopic (exact) mass is 724 g/mol. The number of carbonyl (C=O) groups excluding carboxylic acids is 1. The number of ether oxygens (including phenoxy) is 2. The molecular weight excluding hydrogens is 693 g/mol. The third-order valence-electron chi connectivity index (χ3n) is 11.1. The third kappa shape index (κ3) is 4.72. The van der Waals surface area contributed by atoms with E-state index in [2.05, 4.69) is 15.2 Å². The molecule has 0 saturated carbocycles. The number of hydrogen-bond donors (Lipinski definition) is 2. The molecule has 260 valence electrons. The number of nitrogens with two attached hydrogens (primary N) is 1. The molecule has 11 nitrogen and oxygen atoms in total. The fourth-order valence-electron chi connectivity index (χ4n) is 8.52. The van der Waals surface area contributed by atoms with Crippen molar-refractivity contribution in [1.29, 1.82) is 5.26 Å². The van der Waals surface area contributed by atoms with E-state index < -0.39 is 23.3 Å². The number of hydrogen-bond acceptors (Lipinski definition) is 11. The van der Waals surface area contributed by atoms with Crippen LogP contribution < -0.4 is 25.4 Å². The molecule has 7 heterocycles. The Labute approximate surface area is 293 Å². The molecule has 16 heteroatoms. The van der Waals surface area contributed by atoms with Crippen LogP contribution in [0, 0.1) is 28.9 Å². The maximum atomic E-state index is 17.3. The minimum atomic E-state index is -0.967. The van der Waals surface area contributed by atoms with E-state index in [0.29, 0.717) is 38.4 Å². The highest BCUT2D eigenvalue weighted by Gasteiger charge is 2.50. The van der Waals surface area contributed by atoms with Crippen molar-refractivity contribution >= 4 is 60.7 Å². The van der Waals surface area contributed by atoms with Crippen molar-refractivity contribution in [1.82, 2.24) is 25.1 Å². The van der Waals surface area contributed by atoms with Gasteiger partial charge in [-0.25, -0.2) is 13.2 Å². The van der Waals surface area contributed by atoms with Gasteiger partial charge in [-0.1, -0.05) is 17.7 Å². The van der Waals surface area contributed by atoms with Gasteiger partial charge in [-0.2, -0.15) is 15.2 Å². The van der Waals surface area contributed by atoms with Crippen LogP contribution in [0.15, 0.2) is 12.1 Å². The molecule has 5 aliphatic heterocycles. The minimum absolute atomic E-state index is 0.0117. The molecule has 2 aromatic heterocycles. The summed E-state index contributed by atoms with van der Waals surface area (Å²) >= 11 is 7.99. The number of fused-ring (bicyclic) bond motifs is 3. The zero-order valence-corrected chi connectivity index (χ0v) is 28.5. The normalized spacial score (nSPS) is 27.2. The molecule has 4 saturated heterocycles. The van der Waals surface area contributed by atoms with E-state index in [1.807, 2.05) is 18.0 Å². The lowest BCUT2D eigenvalue weighted by Crippen LogP contribution is -2.44. The molecule has 0 radical (unpaired) electrons. The van der Waals surface area contributed by atoms with Crippen molar-refractivity contribution in [2.24, 2.45) is 5.92 Å². The zero-order valence-electron chi connectivity index (χ0n) is 26.9. The predicted octanol–water partition coefficient (Wildman–Crippen LogP) is 4.48. The fourth-order valence-corrected chi connectivity index (χ4v) is 9.80. The number of alkyl halides is 1. The van der Waals surface area contributed by atoms with Gasteiger partial charge in [-0.05, 0) is 31.0 Å². The second-order valence-corrected chi connectivity index (χ2v) is 15.4. The Morgan fingerprint density at radius 1 is 1.28 bits per heavy atom. The maximum absolute atomic E-state index is 17.3. The van der Waals surface area contributed by atoms with Gasteiger partial charge in [0.05, 0.1) is 44.9 Å². The van der Waals surface area contributed by atoms with E-state index in [1.54, 1.807) is 4.90 Å². The van der Waals surface area contributed by atoms with Crippen molar-refractivity contribution in [3.8, 4) is 29.0 Å². The van der Waals surface area contributed by atoms with E-state index in [9.17, 15) is 14.4 Å². The number of rotatable bonds is 5. The van der Waals surface area contributed by atoms with Crippen LogP contribution in [0.25, 0.3) is 32.1 Å². The van der Waals surface area contributed by atoms with Crippen LogP contribution in [0.2, 0.25) is 5.02 Å². The molecule has 9 rings (SSSR count). The molecule has 3 unspecified atom stereocenters. The van der Waals surface area contributed by atoms with Crippen molar-refractivity contribution in [2.45, 2.75) is 43.1 Å². The molecule has 0 spiro atoms. The summed E-state index contributed by atoms with van der Waals surface area (Å²) in [6.07, 6.45) is 1.03. The molecule has 5 aliphatic rings. The number of likely N-dealkylation sites (tertiary alicyclic amines) is 1. The van der Waals surface area contributed by atoms with Crippen LogP contribution in [0.4, 0.5) is 24.0 Å². The van der Waals surface area contributed by atoms with Gasteiger partial charge < -0.3 is 30.3 Å². The summed E-state index contributed by atoms with van der Waals surface area (Å²) in [6, 6.07) is 4.05. The fraction of sp³-hybridized carbons (Fsp3) is 0.471. The Morgan fingerprint density at radius 2 is 2.10 bits per heavy atom. The van der Waals surface area contributed by atoms with Crippen LogP contribution in [0.5, 0.6) is 11.8 Å². The van der Waals surface area contributed by atoms with Gasteiger partial charge in [0.1, 0.15) is 41.0 Å². The lowest BCUT2D eigenvalue weighted by atomic mass is 9.95. The predicted molar refractivity (Wildman–Crippen MR) is 183 cm³/mol. The lowest BCUT2D eigenvalue weighted by Gasteiger charge is -2.34. The van der Waals surface area contributed by atoms with Gasteiger partial charge in [0.25, 0.3) is 0 Å². The summed E-state index contributed by atoms with van der Waals surface area (Å²) in [4.78, 5) is 28.3. The van der Waals surface area contributed by atoms with E-state index in [0.717, 1.165) is 30.7 Å². The molecule has 3 N–H and O–H groups in total. The van der Waals surface area contributed by atoms with Gasteiger partial charge in [0.15, 0.2) is 11.6 Å². The van der Waals surface area contributed by atoms with E-state index in [-0.39, 0.29) is 96.6 Å². The number of halogens is 4. The Kier molecular flexibility index (Phi) is 7.30. The zero-order chi connectivity index (χ0) is 34.6. The highest BCUT2D eigenvalue weighted by atomic mass is 35.5.